The predicted octanol–water partition coefficient (Wildman–Crippen LogP) is 3.14. The van der Waals surface area contributed by atoms with Crippen LogP contribution in [-0.2, 0) is 12.7 Å². The molecule has 1 saturated carbocycles. The molecule has 0 amide bonds. The number of nitrogens with zero attached hydrogens (tertiary/aromatic N) is 2. The molecular weight excluding hydrogens is 319 g/mol. The third-order valence-electron chi connectivity index (χ3n) is 4.58. The van der Waals surface area contributed by atoms with Gasteiger partial charge >= 0.3 is 6.18 Å². The molecule has 0 aliphatic heterocycles. The van der Waals surface area contributed by atoms with Crippen molar-refractivity contribution >= 4 is 0 Å². The van der Waals surface area contributed by atoms with Crippen molar-refractivity contribution in [2.45, 2.75) is 38.0 Å². The summed E-state index contributed by atoms with van der Waals surface area (Å²) in [5.74, 6) is 0.506. The van der Waals surface area contributed by atoms with E-state index in [0.717, 1.165) is 24.5 Å². The maximum atomic E-state index is 12.6. The second kappa shape index (κ2) is 6.22. The lowest BCUT2D eigenvalue weighted by atomic mass is 9.96. The Kier molecular flexibility index (Phi) is 4.40. The molecule has 2 N–H and O–H groups in total. The van der Waals surface area contributed by atoms with Gasteiger partial charge in [0.1, 0.15) is 0 Å². The molecule has 0 saturated heterocycles. The standard InChI is InChI=1S/C17H20F3N3O/c1-16(11-24,13-4-5-13)21-10-12-2-6-14(7-3-12)23-9-8-15(22-23)17(18,19)20/h2-3,6-9,13,21,24H,4-5,10-11H2,1H3. The van der Waals surface area contributed by atoms with Crippen LogP contribution in [-0.4, -0.2) is 27.0 Å². The number of aliphatic hydroxyl groups is 1. The van der Waals surface area contributed by atoms with Gasteiger partial charge < -0.3 is 10.4 Å². The summed E-state index contributed by atoms with van der Waals surface area (Å²) in [4.78, 5) is 0. The predicted molar refractivity (Wildman–Crippen MR) is 83.6 cm³/mol. The molecule has 1 aromatic heterocycles. The van der Waals surface area contributed by atoms with Crippen molar-refractivity contribution in [3.05, 3.63) is 47.8 Å². The monoisotopic (exact) mass is 339 g/mol. The highest BCUT2D eigenvalue weighted by atomic mass is 19.4. The van der Waals surface area contributed by atoms with Gasteiger partial charge in [-0.3, -0.25) is 0 Å². The van der Waals surface area contributed by atoms with E-state index in [1.165, 1.54) is 10.9 Å². The highest BCUT2D eigenvalue weighted by Crippen LogP contribution is 2.39. The Morgan fingerprint density at radius 2 is 1.88 bits per heavy atom. The lowest BCUT2D eigenvalue weighted by Gasteiger charge is -2.29. The molecule has 1 aliphatic carbocycles. The summed E-state index contributed by atoms with van der Waals surface area (Å²) in [6.07, 6.45) is -0.883. The van der Waals surface area contributed by atoms with Crippen molar-refractivity contribution in [2.24, 2.45) is 5.92 Å². The molecule has 1 unspecified atom stereocenters. The normalized spacial score (nSPS) is 17.7. The average molecular weight is 339 g/mol. The molecule has 130 valence electrons. The smallest absolute Gasteiger partial charge is 0.394 e. The minimum atomic E-state index is -4.44. The van der Waals surface area contributed by atoms with Gasteiger partial charge in [0.05, 0.1) is 12.3 Å². The Morgan fingerprint density at radius 3 is 2.38 bits per heavy atom. The topological polar surface area (TPSA) is 50.1 Å². The van der Waals surface area contributed by atoms with E-state index in [4.69, 9.17) is 0 Å². The van der Waals surface area contributed by atoms with Crippen LogP contribution in [0.1, 0.15) is 31.0 Å². The van der Waals surface area contributed by atoms with E-state index in [1.54, 1.807) is 12.1 Å². The molecular formula is C17H20F3N3O. The number of halogens is 3. The largest absolute Gasteiger partial charge is 0.435 e. The zero-order valence-corrected chi connectivity index (χ0v) is 13.3. The first-order valence-electron chi connectivity index (χ1n) is 7.90. The maximum absolute atomic E-state index is 12.6. The molecule has 7 heteroatoms. The first-order chi connectivity index (χ1) is 11.3. The first kappa shape index (κ1) is 17.0. The number of alkyl halides is 3. The first-order valence-corrected chi connectivity index (χ1v) is 7.90. The molecule has 0 radical (unpaired) electrons. The number of rotatable bonds is 6. The number of hydrogen-bond acceptors (Lipinski definition) is 3. The number of aromatic nitrogens is 2. The summed E-state index contributed by atoms with van der Waals surface area (Å²) in [5.41, 5.74) is 0.391. The van der Waals surface area contributed by atoms with E-state index in [-0.39, 0.29) is 12.1 Å². The van der Waals surface area contributed by atoms with E-state index < -0.39 is 11.9 Å². The van der Waals surface area contributed by atoms with Crippen molar-refractivity contribution in [1.29, 1.82) is 0 Å². The lowest BCUT2D eigenvalue weighted by Crippen LogP contribution is -2.47. The van der Waals surface area contributed by atoms with Gasteiger partial charge in [0, 0.05) is 18.3 Å². The summed E-state index contributed by atoms with van der Waals surface area (Å²) in [5, 5.41) is 16.5. The highest BCUT2D eigenvalue weighted by molar-refractivity contribution is 5.34. The van der Waals surface area contributed by atoms with Crippen LogP contribution >= 0.6 is 0 Å². The van der Waals surface area contributed by atoms with Crippen molar-refractivity contribution < 1.29 is 18.3 Å². The SMILES string of the molecule is CC(CO)(NCc1ccc(-n2ccc(C(F)(F)F)n2)cc1)C1CC1. The molecule has 0 spiro atoms. The molecule has 1 atom stereocenters. The van der Waals surface area contributed by atoms with Crippen molar-refractivity contribution in [2.75, 3.05) is 6.61 Å². The van der Waals surface area contributed by atoms with Gasteiger partial charge in [-0.25, -0.2) is 4.68 Å². The van der Waals surface area contributed by atoms with Crippen LogP contribution in [0.3, 0.4) is 0 Å². The Bertz CT molecular complexity index is 692. The van der Waals surface area contributed by atoms with Crippen LogP contribution < -0.4 is 5.32 Å². The Balaban J connectivity index is 1.66. The van der Waals surface area contributed by atoms with Crippen LogP contribution in [0.2, 0.25) is 0 Å². The zero-order chi connectivity index (χ0) is 17.4. The molecule has 1 aliphatic rings. The van der Waals surface area contributed by atoms with Gasteiger partial charge in [-0.05, 0) is 49.4 Å². The van der Waals surface area contributed by atoms with E-state index >= 15 is 0 Å². The van der Waals surface area contributed by atoms with Crippen LogP contribution in [0.25, 0.3) is 5.69 Å². The fraction of sp³-hybridized carbons (Fsp3) is 0.471. The van der Waals surface area contributed by atoms with Crippen molar-refractivity contribution in [3.8, 4) is 5.69 Å². The number of nitrogens with one attached hydrogen (secondary N) is 1. The lowest BCUT2D eigenvalue weighted by molar-refractivity contribution is -0.141. The minimum Gasteiger partial charge on any atom is -0.394 e. The molecule has 0 bridgehead atoms. The van der Waals surface area contributed by atoms with Gasteiger partial charge in [-0.2, -0.15) is 18.3 Å². The quantitative estimate of drug-likeness (QED) is 0.850. The summed E-state index contributed by atoms with van der Waals surface area (Å²) in [7, 11) is 0. The molecule has 1 heterocycles. The third kappa shape index (κ3) is 3.62. The second-order valence-corrected chi connectivity index (χ2v) is 6.51. The molecule has 4 nitrogen and oxygen atoms in total. The Labute approximate surface area is 138 Å². The maximum Gasteiger partial charge on any atom is 0.435 e. The van der Waals surface area contributed by atoms with Gasteiger partial charge in [0.25, 0.3) is 0 Å². The average Bonchev–Trinajstić information content (AvgIpc) is 3.29. The van der Waals surface area contributed by atoms with Gasteiger partial charge in [0.2, 0.25) is 0 Å². The van der Waals surface area contributed by atoms with Crippen LogP contribution in [0.4, 0.5) is 13.2 Å². The molecule has 24 heavy (non-hydrogen) atoms. The third-order valence-corrected chi connectivity index (χ3v) is 4.58. The van der Waals surface area contributed by atoms with Crippen LogP contribution in [0.15, 0.2) is 36.5 Å². The second-order valence-electron chi connectivity index (χ2n) is 6.51. The van der Waals surface area contributed by atoms with E-state index in [0.29, 0.717) is 18.2 Å². The molecule has 1 aromatic carbocycles. The summed E-state index contributed by atoms with van der Waals surface area (Å²) in [6, 6.07) is 8.12. The van der Waals surface area contributed by atoms with E-state index in [9.17, 15) is 18.3 Å². The van der Waals surface area contributed by atoms with Gasteiger partial charge in [0.15, 0.2) is 5.69 Å². The number of aliphatic hydroxyl groups excluding tert-OH is 1. The van der Waals surface area contributed by atoms with E-state index in [2.05, 4.69) is 10.4 Å². The summed E-state index contributed by atoms with van der Waals surface area (Å²) < 4.78 is 39.0. The van der Waals surface area contributed by atoms with E-state index in [1.807, 2.05) is 19.1 Å². The zero-order valence-electron chi connectivity index (χ0n) is 13.3. The molecule has 2 aromatic rings. The fourth-order valence-electron chi connectivity index (χ4n) is 2.74. The van der Waals surface area contributed by atoms with Gasteiger partial charge in [-0.15, -0.1) is 0 Å². The van der Waals surface area contributed by atoms with Gasteiger partial charge in [-0.1, -0.05) is 12.1 Å². The van der Waals surface area contributed by atoms with Crippen molar-refractivity contribution in [3.63, 3.8) is 0 Å². The van der Waals surface area contributed by atoms with Crippen LogP contribution in [0, 0.1) is 5.92 Å². The Hall–Kier alpha value is -1.86. The molecule has 1 fully saturated rings. The summed E-state index contributed by atoms with van der Waals surface area (Å²) >= 11 is 0. The fourth-order valence-corrected chi connectivity index (χ4v) is 2.74. The highest BCUT2D eigenvalue weighted by Gasteiger charge is 2.40. The van der Waals surface area contributed by atoms with Crippen LogP contribution in [0.5, 0.6) is 0 Å². The minimum absolute atomic E-state index is 0.0866. The number of benzene rings is 1. The summed E-state index contributed by atoms with van der Waals surface area (Å²) in [6.45, 7) is 2.70. The Morgan fingerprint density at radius 1 is 1.21 bits per heavy atom. The molecule has 3 rings (SSSR count). The van der Waals surface area contributed by atoms with Crippen molar-refractivity contribution in [1.82, 2.24) is 15.1 Å². The number of hydrogen-bond donors (Lipinski definition) is 2.